The maximum atomic E-state index is 13.1. The Hall–Kier alpha value is -1.45. The van der Waals surface area contributed by atoms with Crippen LogP contribution in [-0.4, -0.2) is 73.1 Å². The topological polar surface area (TPSA) is 78.0 Å². The highest BCUT2D eigenvalue weighted by atomic mass is 79.9. The molecule has 1 aromatic carbocycles. The van der Waals surface area contributed by atoms with Gasteiger partial charge in [0.1, 0.15) is 6.04 Å². The van der Waals surface area contributed by atoms with Crippen LogP contribution in [0.25, 0.3) is 0 Å². The number of halogens is 1. The Kier molecular flexibility index (Phi) is 6.41. The van der Waals surface area contributed by atoms with Crippen LogP contribution in [-0.2, 0) is 19.6 Å². The van der Waals surface area contributed by atoms with Crippen molar-refractivity contribution in [3.05, 3.63) is 28.7 Å². The molecule has 29 heavy (non-hydrogen) atoms. The molecular weight excluding hydrogens is 458 g/mol. The van der Waals surface area contributed by atoms with Crippen LogP contribution in [0.2, 0.25) is 0 Å². The third kappa shape index (κ3) is 4.67. The van der Waals surface area contributed by atoms with Crippen LogP contribution in [0.5, 0.6) is 0 Å². The van der Waals surface area contributed by atoms with E-state index in [0.717, 1.165) is 10.9 Å². The van der Waals surface area contributed by atoms with Gasteiger partial charge in [-0.1, -0.05) is 36.7 Å². The Morgan fingerprint density at radius 1 is 1.00 bits per heavy atom. The molecule has 7 nitrogen and oxygen atoms in total. The van der Waals surface area contributed by atoms with Crippen molar-refractivity contribution in [1.29, 1.82) is 0 Å². The number of rotatable bonds is 3. The van der Waals surface area contributed by atoms with Gasteiger partial charge in [0.2, 0.25) is 21.8 Å². The van der Waals surface area contributed by atoms with Gasteiger partial charge in [-0.2, -0.15) is 4.31 Å². The van der Waals surface area contributed by atoms with E-state index in [-0.39, 0.29) is 29.8 Å². The lowest BCUT2D eigenvalue weighted by Crippen LogP contribution is -2.56. The molecule has 1 aromatic rings. The van der Waals surface area contributed by atoms with Gasteiger partial charge >= 0.3 is 0 Å². The summed E-state index contributed by atoms with van der Waals surface area (Å²) < 4.78 is 27.9. The highest BCUT2D eigenvalue weighted by molar-refractivity contribution is 9.10. The number of hydrogen-bond acceptors (Lipinski definition) is 4. The van der Waals surface area contributed by atoms with Gasteiger partial charge in [0.05, 0.1) is 4.90 Å². The molecule has 0 bridgehead atoms. The van der Waals surface area contributed by atoms with Gasteiger partial charge in [-0.25, -0.2) is 8.42 Å². The predicted octanol–water partition coefficient (Wildman–Crippen LogP) is 2.32. The number of nitrogens with zero attached hydrogens (tertiary/aromatic N) is 3. The summed E-state index contributed by atoms with van der Waals surface area (Å²) in [6.07, 6.45) is 1.48. The average molecular weight is 486 g/mol. The van der Waals surface area contributed by atoms with Gasteiger partial charge in [-0.15, -0.1) is 0 Å². The molecule has 0 N–H and O–H groups in total. The molecular formula is C20H28BrN3O4S. The number of benzene rings is 1. The first-order valence-corrected chi connectivity index (χ1v) is 12.1. The van der Waals surface area contributed by atoms with E-state index in [9.17, 15) is 18.0 Å². The van der Waals surface area contributed by atoms with Crippen molar-refractivity contribution >= 4 is 37.8 Å². The molecule has 9 heteroatoms. The second-order valence-electron chi connectivity index (χ2n) is 8.59. The molecule has 0 radical (unpaired) electrons. The van der Waals surface area contributed by atoms with E-state index in [2.05, 4.69) is 15.9 Å². The first kappa shape index (κ1) is 22.2. The third-order valence-corrected chi connectivity index (χ3v) is 7.88. The van der Waals surface area contributed by atoms with Crippen molar-refractivity contribution in [2.45, 2.75) is 44.6 Å². The third-order valence-electron chi connectivity index (χ3n) is 5.44. The molecule has 2 amide bonds. The van der Waals surface area contributed by atoms with Gasteiger partial charge in [-0.3, -0.25) is 9.59 Å². The lowest BCUT2D eigenvalue weighted by atomic mass is 9.94. The summed E-state index contributed by atoms with van der Waals surface area (Å²) in [5.41, 5.74) is -0.527. The zero-order chi connectivity index (χ0) is 21.4. The van der Waals surface area contributed by atoms with E-state index in [1.54, 1.807) is 34.1 Å². The molecule has 1 atom stereocenters. The second kappa shape index (κ2) is 8.35. The van der Waals surface area contributed by atoms with Crippen molar-refractivity contribution in [3.63, 3.8) is 0 Å². The minimum Gasteiger partial charge on any atom is -0.338 e. The van der Waals surface area contributed by atoms with Gasteiger partial charge < -0.3 is 9.80 Å². The maximum absolute atomic E-state index is 13.1. The smallest absolute Gasteiger partial charge is 0.245 e. The van der Waals surface area contributed by atoms with E-state index in [0.29, 0.717) is 26.1 Å². The lowest BCUT2D eigenvalue weighted by molar-refractivity contribution is -0.148. The minimum absolute atomic E-state index is 0.00944. The Morgan fingerprint density at radius 2 is 1.59 bits per heavy atom. The largest absolute Gasteiger partial charge is 0.338 e. The zero-order valence-electron chi connectivity index (χ0n) is 17.1. The summed E-state index contributed by atoms with van der Waals surface area (Å²) in [6, 6.07) is 6.12. The zero-order valence-corrected chi connectivity index (χ0v) is 19.5. The van der Waals surface area contributed by atoms with Gasteiger partial charge in [0, 0.05) is 42.6 Å². The molecule has 0 unspecified atom stereocenters. The molecule has 0 spiro atoms. The highest BCUT2D eigenvalue weighted by Gasteiger charge is 2.41. The van der Waals surface area contributed by atoms with Gasteiger partial charge in [-0.05, 0) is 37.1 Å². The molecule has 2 heterocycles. The molecule has 0 aliphatic carbocycles. The van der Waals surface area contributed by atoms with E-state index >= 15 is 0 Å². The average Bonchev–Trinajstić information content (AvgIpc) is 3.16. The first-order chi connectivity index (χ1) is 13.5. The molecule has 160 valence electrons. The van der Waals surface area contributed by atoms with Crippen LogP contribution in [0.15, 0.2) is 33.6 Å². The fraction of sp³-hybridized carbons (Fsp3) is 0.600. The van der Waals surface area contributed by atoms with E-state index in [1.807, 2.05) is 20.8 Å². The summed E-state index contributed by atoms with van der Waals surface area (Å²) >= 11 is 3.31. The molecule has 3 rings (SSSR count). The SMILES string of the molecule is CC(C)(C)C(=O)N1CCC[C@@H]1C(=O)N1CCN(S(=O)(=O)c2ccc(Br)cc2)CC1. The van der Waals surface area contributed by atoms with E-state index < -0.39 is 21.5 Å². The molecule has 2 saturated heterocycles. The van der Waals surface area contributed by atoms with Crippen molar-refractivity contribution < 1.29 is 18.0 Å². The Labute approximate surface area is 181 Å². The number of amides is 2. The normalized spacial score (nSPS) is 21.4. The van der Waals surface area contributed by atoms with Gasteiger partial charge in [0.25, 0.3) is 0 Å². The monoisotopic (exact) mass is 485 g/mol. The Balaban J connectivity index is 1.65. The molecule has 2 aliphatic rings. The maximum Gasteiger partial charge on any atom is 0.245 e. The number of likely N-dealkylation sites (tertiary alicyclic amines) is 1. The second-order valence-corrected chi connectivity index (χ2v) is 11.4. The molecule has 0 saturated carbocycles. The fourth-order valence-electron chi connectivity index (χ4n) is 3.81. The summed E-state index contributed by atoms with van der Waals surface area (Å²) in [5, 5.41) is 0. The number of carbonyl (C=O) groups is 2. The lowest BCUT2D eigenvalue weighted by Gasteiger charge is -2.37. The summed E-state index contributed by atoms with van der Waals surface area (Å²) in [5.74, 6) is -0.0782. The van der Waals surface area contributed by atoms with Crippen LogP contribution in [0, 0.1) is 5.41 Å². The summed E-state index contributed by atoms with van der Waals surface area (Å²) in [6.45, 7) is 7.37. The molecule has 2 fully saturated rings. The van der Waals surface area contributed by atoms with Crippen molar-refractivity contribution in [1.82, 2.24) is 14.1 Å². The highest BCUT2D eigenvalue weighted by Crippen LogP contribution is 2.27. The number of sulfonamides is 1. The standard InChI is InChI=1S/C20H28BrN3O4S/c1-20(2,3)19(26)24-10-4-5-17(24)18(25)22-11-13-23(14-12-22)29(27,28)16-8-6-15(21)7-9-16/h6-9,17H,4-5,10-14H2,1-3H3/t17-/m1/s1. The molecule has 2 aliphatic heterocycles. The van der Waals surface area contributed by atoms with Crippen LogP contribution < -0.4 is 0 Å². The van der Waals surface area contributed by atoms with Gasteiger partial charge in [0.15, 0.2) is 0 Å². The number of carbonyl (C=O) groups excluding carboxylic acids is 2. The molecule has 0 aromatic heterocycles. The first-order valence-electron chi connectivity index (χ1n) is 9.87. The quantitative estimate of drug-likeness (QED) is 0.657. The van der Waals surface area contributed by atoms with E-state index in [1.165, 1.54) is 4.31 Å². The van der Waals surface area contributed by atoms with Crippen LogP contribution in [0.1, 0.15) is 33.6 Å². The van der Waals surface area contributed by atoms with Crippen molar-refractivity contribution in [3.8, 4) is 0 Å². The fourth-order valence-corrected chi connectivity index (χ4v) is 5.50. The van der Waals surface area contributed by atoms with Crippen LogP contribution in [0.3, 0.4) is 0 Å². The van der Waals surface area contributed by atoms with Crippen molar-refractivity contribution in [2.75, 3.05) is 32.7 Å². The summed E-state index contributed by atoms with van der Waals surface area (Å²) in [7, 11) is -3.58. The van der Waals surface area contributed by atoms with Crippen LogP contribution >= 0.6 is 15.9 Å². The Bertz CT molecular complexity index is 872. The van der Waals surface area contributed by atoms with E-state index in [4.69, 9.17) is 0 Å². The Morgan fingerprint density at radius 3 is 2.14 bits per heavy atom. The number of piperazine rings is 1. The minimum atomic E-state index is -3.58. The predicted molar refractivity (Wildman–Crippen MR) is 114 cm³/mol. The number of hydrogen-bond donors (Lipinski definition) is 0. The summed E-state index contributed by atoms with van der Waals surface area (Å²) in [4.78, 5) is 29.4. The van der Waals surface area contributed by atoms with Crippen molar-refractivity contribution in [2.24, 2.45) is 5.41 Å². The van der Waals surface area contributed by atoms with Crippen LogP contribution in [0.4, 0.5) is 0 Å².